The molecule has 178 valence electrons. The van der Waals surface area contributed by atoms with Crippen LogP contribution in [0.1, 0.15) is 45.4 Å². The zero-order valence-corrected chi connectivity index (χ0v) is 19.8. The summed E-state index contributed by atoms with van der Waals surface area (Å²) in [5.74, 6) is 2.29. The molecule has 1 aromatic rings. The molecule has 0 aliphatic carbocycles. The van der Waals surface area contributed by atoms with Gasteiger partial charge in [0.05, 0.1) is 0 Å². The number of aromatic nitrogens is 2. The van der Waals surface area contributed by atoms with Crippen LogP contribution in [0.4, 0.5) is 11.6 Å². The number of anilines is 2. The largest absolute Gasteiger partial charge is 0.356 e. The van der Waals surface area contributed by atoms with Gasteiger partial charge < -0.3 is 24.9 Å². The smallest absolute Gasteiger partial charge is 0.223 e. The minimum atomic E-state index is 0.125. The van der Waals surface area contributed by atoms with E-state index >= 15 is 0 Å². The number of carbonyl (C=O) groups is 1. The van der Waals surface area contributed by atoms with Crippen LogP contribution in [-0.2, 0) is 4.79 Å². The summed E-state index contributed by atoms with van der Waals surface area (Å²) in [7, 11) is 0. The van der Waals surface area contributed by atoms with Crippen LogP contribution in [0.2, 0.25) is 0 Å². The minimum absolute atomic E-state index is 0.125. The molecule has 0 atom stereocenters. The van der Waals surface area contributed by atoms with Crippen LogP contribution in [0.3, 0.4) is 0 Å². The molecule has 4 rings (SSSR count). The minimum Gasteiger partial charge on any atom is -0.356 e. The fraction of sp³-hybridized carbons (Fsp3) is 0.792. The first-order chi connectivity index (χ1) is 15.7. The average Bonchev–Trinajstić information content (AvgIpc) is 2.87. The number of piperazine rings is 1. The Hall–Kier alpha value is -1.93. The van der Waals surface area contributed by atoms with Crippen molar-refractivity contribution in [2.45, 2.75) is 45.4 Å². The molecule has 1 amide bonds. The summed E-state index contributed by atoms with van der Waals surface area (Å²) in [5.41, 5.74) is 0. The van der Waals surface area contributed by atoms with Gasteiger partial charge in [0.25, 0.3) is 0 Å². The first-order valence-electron chi connectivity index (χ1n) is 12.8. The number of amides is 1. The van der Waals surface area contributed by atoms with Gasteiger partial charge in [0.1, 0.15) is 0 Å². The molecule has 0 saturated carbocycles. The molecule has 0 bridgehead atoms. The number of rotatable bonds is 8. The van der Waals surface area contributed by atoms with Crippen LogP contribution < -0.4 is 15.1 Å². The Balaban J connectivity index is 1.12. The van der Waals surface area contributed by atoms with Crippen LogP contribution in [0, 0.1) is 5.92 Å². The molecule has 0 unspecified atom stereocenters. The molecule has 3 aliphatic rings. The maximum atomic E-state index is 12.6. The molecule has 4 heterocycles. The summed E-state index contributed by atoms with van der Waals surface area (Å²) in [4.78, 5) is 22.2. The number of carbonyl (C=O) groups excluding carboxylic acids is 1. The van der Waals surface area contributed by atoms with Crippen LogP contribution >= 0.6 is 0 Å². The van der Waals surface area contributed by atoms with E-state index in [2.05, 4.69) is 54.2 Å². The molecule has 32 heavy (non-hydrogen) atoms. The molecule has 3 saturated heterocycles. The van der Waals surface area contributed by atoms with Gasteiger partial charge in [0.2, 0.25) is 5.91 Å². The summed E-state index contributed by atoms with van der Waals surface area (Å²) in [5, 5.41) is 12.1. The van der Waals surface area contributed by atoms with Crippen molar-refractivity contribution in [3.63, 3.8) is 0 Å². The number of likely N-dealkylation sites (N-methyl/N-ethyl adjacent to an activating group) is 1. The maximum Gasteiger partial charge on any atom is 0.223 e. The average molecular weight is 444 g/mol. The van der Waals surface area contributed by atoms with E-state index in [1.165, 1.54) is 32.4 Å². The van der Waals surface area contributed by atoms with Gasteiger partial charge >= 0.3 is 0 Å². The van der Waals surface area contributed by atoms with Gasteiger partial charge in [0, 0.05) is 64.8 Å². The van der Waals surface area contributed by atoms with Crippen LogP contribution in [0.15, 0.2) is 12.1 Å². The van der Waals surface area contributed by atoms with Gasteiger partial charge in [-0.05, 0) is 63.7 Å². The first-order valence-corrected chi connectivity index (χ1v) is 12.8. The van der Waals surface area contributed by atoms with Gasteiger partial charge in [-0.1, -0.05) is 6.92 Å². The zero-order valence-electron chi connectivity index (χ0n) is 19.8. The Labute approximate surface area is 193 Å². The highest BCUT2D eigenvalue weighted by molar-refractivity contribution is 5.78. The molecule has 0 aromatic carbocycles. The number of nitrogens with zero attached hydrogens (tertiary/aromatic N) is 6. The molecule has 1 aromatic heterocycles. The summed E-state index contributed by atoms with van der Waals surface area (Å²) in [6, 6.07) is 4.20. The molecular formula is C24H41N7O. The lowest BCUT2D eigenvalue weighted by atomic mass is 9.96. The number of hydrogen-bond donors (Lipinski definition) is 1. The van der Waals surface area contributed by atoms with Gasteiger partial charge in [0.15, 0.2) is 11.6 Å². The van der Waals surface area contributed by atoms with E-state index in [4.69, 9.17) is 0 Å². The Morgan fingerprint density at radius 3 is 2.06 bits per heavy atom. The zero-order chi connectivity index (χ0) is 22.2. The SMILES string of the molecule is CCN1CCN(CCCNC(=O)C2CCN(c3ccc(N4CCCCC4)nn3)CC2)CC1. The first kappa shape index (κ1) is 23.2. The third-order valence-corrected chi connectivity index (χ3v) is 7.37. The summed E-state index contributed by atoms with van der Waals surface area (Å²) >= 11 is 0. The summed E-state index contributed by atoms with van der Waals surface area (Å²) in [6.07, 6.45) is 6.63. The van der Waals surface area contributed by atoms with Crippen molar-refractivity contribution >= 4 is 17.5 Å². The van der Waals surface area contributed by atoms with Crippen molar-refractivity contribution in [1.29, 1.82) is 0 Å². The lowest BCUT2D eigenvalue weighted by Crippen LogP contribution is -2.47. The topological polar surface area (TPSA) is 67.8 Å². The normalized spacial score (nSPS) is 21.7. The summed E-state index contributed by atoms with van der Waals surface area (Å²) in [6.45, 7) is 13.8. The second-order valence-corrected chi connectivity index (χ2v) is 9.48. The highest BCUT2D eigenvalue weighted by atomic mass is 16.1. The van der Waals surface area contributed by atoms with Crippen molar-refractivity contribution in [3.8, 4) is 0 Å². The van der Waals surface area contributed by atoms with Crippen molar-refractivity contribution < 1.29 is 4.79 Å². The highest BCUT2D eigenvalue weighted by Gasteiger charge is 2.26. The molecule has 8 nitrogen and oxygen atoms in total. The van der Waals surface area contributed by atoms with E-state index in [-0.39, 0.29) is 11.8 Å². The molecular weight excluding hydrogens is 402 g/mol. The fourth-order valence-electron chi connectivity index (χ4n) is 5.14. The predicted molar refractivity (Wildman–Crippen MR) is 129 cm³/mol. The van der Waals surface area contributed by atoms with Crippen molar-refractivity contribution in [3.05, 3.63) is 12.1 Å². The molecule has 0 radical (unpaired) electrons. The Bertz CT molecular complexity index is 691. The Morgan fingerprint density at radius 2 is 1.47 bits per heavy atom. The number of hydrogen-bond acceptors (Lipinski definition) is 7. The standard InChI is InChI=1S/C24H41N7O/c1-2-28-17-19-29(20-18-28)12-6-11-25-24(32)21-9-15-31(16-10-21)23-8-7-22(26-27-23)30-13-4-3-5-14-30/h7-8,21H,2-6,9-20H2,1H3,(H,25,32). The molecule has 3 fully saturated rings. The van der Waals surface area contributed by atoms with E-state index in [9.17, 15) is 4.79 Å². The van der Waals surface area contributed by atoms with Gasteiger partial charge in [-0.3, -0.25) is 4.79 Å². The predicted octanol–water partition coefficient (Wildman–Crippen LogP) is 1.83. The second-order valence-electron chi connectivity index (χ2n) is 9.48. The van der Waals surface area contributed by atoms with E-state index in [1.807, 2.05) is 0 Å². The van der Waals surface area contributed by atoms with Crippen molar-refractivity contribution in [1.82, 2.24) is 25.3 Å². The monoisotopic (exact) mass is 443 g/mol. The van der Waals surface area contributed by atoms with Crippen LogP contribution in [0.5, 0.6) is 0 Å². The Kier molecular flexibility index (Phi) is 8.56. The molecule has 8 heteroatoms. The van der Waals surface area contributed by atoms with Gasteiger partial charge in [-0.25, -0.2) is 0 Å². The van der Waals surface area contributed by atoms with Crippen molar-refractivity contribution in [2.75, 3.05) is 81.8 Å². The third-order valence-electron chi connectivity index (χ3n) is 7.37. The number of nitrogens with one attached hydrogen (secondary N) is 1. The summed E-state index contributed by atoms with van der Waals surface area (Å²) < 4.78 is 0. The van der Waals surface area contributed by atoms with E-state index in [0.717, 1.165) is 89.8 Å². The molecule has 0 spiro atoms. The fourth-order valence-corrected chi connectivity index (χ4v) is 5.14. The second kappa shape index (κ2) is 11.8. The molecule has 1 N–H and O–H groups in total. The highest BCUT2D eigenvalue weighted by Crippen LogP contribution is 2.23. The van der Waals surface area contributed by atoms with E-state index in [0.29, 0.717) is 0 Å². The Morgan fingerprint density at radius 1 is 0.875 bits per heavy atom. The third kappa shape index (κ3) is 6.32. The molecule has 3 aliphatic heterocycles. The van der Waals surface area contributed by atoms with Gasteiger partial charge in [-0.2, -0.15) is 0 Å². The maximum absolute atomic E-state index is 12.6. The number of piperidine rings is 2. The lowest BCUT2D eigenvalue weighted by Gasteiger charge is -2.34. The van der Waals surface area contributed by atoms with Crippen molar-refractivity contribution in [2.24, 2.45) is 5.92 Å². The quantitative estimate of drug-likeness (QED) is 0.615. The van der Waals surface area contributed by atoms with E-state index < -0.39 is 0 Å². The van der Waals surface area contributed by atoms with Crippen LogP contribution in [-0.4, -0.2) is 97.9 Å². The lowest BCUT2D eigenvalue weighted by molar-refractivity contribution is -0.125. The van der Waals surface area contributed by atoms with Crippen LogP contribution in [0.25, 0.3) is 0 Å². The van der Waals surface area contributed by atoms with Gasteiger partial charge in [-0.15, -0.1) is 10.2 Å². The van der Waals surface area contributed by atoms with E-state index in [1.54, 1.807) is 0 Å².